The Morgan fingerprint density at radius 3 is 2.72 bits per heavy atom. The second kappa shape index (κ2) is 6.50. The lowest BCUT2D eigenvalue weighted by atomic mass is 10.1. The van der Waals surface area contributed by atoms with Crippen LogP contribution in [0.5, 0.6) is 5.75 Å². The fraction of sp³-hybridized carbons (Fsp3) is 0.538. The average molecular weight is 317 g/mol. The van der Waals surface area contributed by atoms with Crippen LogP contribution in [0.3, 0.4) is 0 Å². The molecule has 1 fully saturated rings. The van der Waals surface area contributed by atoms with Gasteiger partial charge in [0.25, 0.3) is 0 Å². The number of benzene rings is 1. The van der Waals surface area contributed by atoms with Gasteiger partial charge in [-0.2, -0.15) is 0 Å². The van der Waals surface area contributed by atoms with Crippen molar-refractivity contribution in [1.29, 1.82) is 0 Å². The van der Waals surface area contributed by atoms with Crippen LogP contribution in [0.15, 0.2) is 22.7 Å². The van der Waals surface area contributed by atoms with Crippen LogP contribution in [0.1, 0.15) is 11.6 Å². The fourth-order valence-electron chi connectivity index (χ4n) is 2.28. The second-order valence-electron chi connectivity index (χ2n) is 4.35. The van der Waals surface area contributed by atoms with Crippen molar-refractivity contribution in [1.82, 2.24) is 10.2 Å². The number of hydrogen-bond acceptors (Lipinski definition) is 3. The highest BCUT2D eigenvalue weighted by Gasteiger charge is 2.22. The maximum Gasteiger partial charge on any atom is 0.133 e. The quantitative estimate of drug-likeness (QED) is 0.923. The maximum atomic E-state index is 13.3. The minimum absolute atomic E-state index is 0.158. The molecule has 1 heterocycles. The van der Waals surface area contributed by atoms with Crippen LogP contribution in [-0.4, -0.2) is 44.9 Å². The Morgan fingerprint density at radius 1 is 1.44 bits per heavy atom. The van der Waals surface area contributed by atoms with Gasteiger partial charge in [-0.3, -0.25) is 4.90 Å². The third kappa shape index (κ3) is 3.02. The summed E-state index contributed by atoms with van der Waals surface area (Å²) in [5.74, 6) is 0.775. The van der Waals surface area contributed by atoms with E-state index in [1.54, 1.807) is 7.11 Å². The number of ether oxygens (including phenoxy) is 1. The van der Waals surface area contributed by atoms with Crippen LogP contribution in [0.4, 0.5) is 4.39 Å². The summed E-state index contributed by atoms with van der Waals surface area (Å²) in [5, 5.41) is 3.28. The topological polar surface area (TPSA) is 24.5 Å². The number of nitrogens with one attached hydrogen (secondary N) is 1. The molecule has 3 nitrogen and oxygen atoms in total. The minimum Gasteiger partial charge on any atom is -0.496 e. The van der Waals surface area contributed by atoms with Gasteiger partial charge in [-0.1, -0.05) is 6.07 Å². The zero-order chi connectivity index (χ0) is 13.0. The third-order valence-electron chi connectivity index (χ3n) is 3.30. The van der Waals surface area contributed by atoms with Crippen LogP contribution in [0, 0.1) is 0 Å². The zero-order valence-corrected chi connectivity index (χ0v) is 12.0. The Hall–Kier alpha value is -0.650. The van der Waals surface area contributed by atoms with Gasteiger partial charge in [0.05, 0.1) is 17.6 Å². The molecule has 1 atom stereocenters. The first-order valence-corrected chi connectivity index (χ1v) is 6.89. The Morgan fingerprint density at radius 2 is 2.17 bits per heavy atom. The summed E-state index contributed by atoms with van der Waals surface area (Å²) >= 11 is 3.45. The standard InChI is InChI=1S/C13H18BrFN2O/c1-18-13-3-2-10(8-11(13)14)12(9-15)17-6-4-16-5-7-17/h2-3,8,12,16H,4-7,9H2,1H3/t12-/m0/s1. The predicted octanol–water partition coefficient (Wildman–Crippen LogP) is 2.37. The van der Waals surface area contributed by atoms with E-state index in [0.29, 0.717) is 0 Å². The SMILES string of the molecule is COc1ccc([C@H](CF)N2CCNCC2)cc1Br. The van der Waals surface area contributed by atoms with E-state index >= 15 is 0 Å². The average Bonchev–Trinajstić information content (AvgIpc) is 2.41. The molecule has 1 aromatic rings. The van der Waals surface area contributed by atoms with Crippen LogP contribution < -0.4 is 10.1 Å². The van der Waals surface area contributed by atoms with Gasteiger partial charge in [-0.15, -0.1) is 0 Å². The largest absolute Gasteiger partial charge is 0.496 e. The number of rotatable bonds is 4. The minimum atomic E-state index is -0.362. The summed E-state index contributed by atoms with van der Waals surface area (Å²) in [5.41, 5.74) is 0.993. The van der Waals surface area contributed by atoms with E-state index in [1.165, 1.54) is 0 Å². The van der Waals surface area contributed by atoms with Gasteiger partial charge in [0.15, 0.2) is 0 Å². The van der Waals surface area contributed by atoms with Crippen LogP contribution >= 0.6 is 15.9 Å². The number of piperazine rings is 1. The summed E-state index contributed by atoms with van der Waals surface area (Å²) < 4.78 is 19.4. The van der Waals surface area contributed by atoms with Crippen molar-refractivity contribution in [3.8, 4) is 5.75 Å². The molecular formula is C13H18BrFN2O. The lowest BCUT2D eigenvalue weighted by molar-refractivity contribution is 0.147. The van der Waals surface area contributed by atoms with Crippen molar-refractivity contribution in [3.63, 3.8) is 0 Å². The lowest BCUT2D eigenvalue weighted by Crippen LogP contribution is -2.45. The van der Waals surface area contributed by atoms with Gasteiger partial charge in [0.1, 0.15) is 12.4 Å². The monoisotopic (exact) mass is 316 g/mol. The van der Waals surface area contributed by atoms with Crippen molar-refractivity contribution < 1.29 is 9.13 Å². The highest BCUT2D eigenvalue weighted by atomic mass is 79.9. The van der Waals surface area contributed by atoms with Gasteiger partial charge in [0.2, 0.25) is 0 Å². The Bertz CT molecular complexity index is 397. The summed E-state index contributed by atoms with van der Waals surface area (Å²) in [7, 11) is 1.63. The highest BCUT2D eigenvalue weighted by Crippen LogP contribution is 2.30. The van der Waals surface area contributed by atoms with Crippen LogP contribution in [-0.2, 0) is 0 Å². The molecule has 0 amide bonds. The molecule has 5 heteroatoms. The second-order valence-corrected chi connectivity index (χ2v) is 5.20. The predicted molar refractivity (Wildman–Crippen MR) is 73.9 cm³/mol. The van der Waals surface area contributed by atoms with Crippen molar-refractivity contribution in [2.24, 2.45) is 0 Å². The molecule has 1 aromatic carbocycles. The molecule has 1 aliphatic rings. The molecule has 0 aliphatic carbocycles. The lowest BCUT2D eigenvalue weighted by Gasteiger charge is -2.33. The molecule has 0 unspecified atom stereocenters. The molecule has 100 valence electrons. The summed E-state index contributed by atoms with van der Waals surface area (Å²) in [4.78, 5) is 2.19. The molecule has 1 aliphatic heterocycles. The van der Waals surface area contributed by atoms with Crippen molar-refractivity contribution >= 4 is 15.9 Å². The highest BCUT2D eigenvalue weighted by molar-refractivity contribution is 9.10. The van der Waals surface area contributed by atoms with Crippen LogP contribution in [0.2, 0.25) is 0 Å². The number of nitrogens with zero attached hydrogens (tertiary/aromatic N) is 1. The van der Waals surface area contributed by atoms with Crippen molar-refractivity contribution in [2.75, 3.05) is 40.0 Å². The molecule has 0 spiro atoms. The van der Waals surface area contributed by atoms with Crippen molar-refractivity contribution in [3.05, 3.63) is 28.2 Å². The molecule has 1 N–H and O–H groups in total. The zero-order valence-electron chi connectivity index (χ0n) is 10.5. The molecule has 0 aromatic heterocycles. The summed E-state index contributed by atoms with van der Waals surface area (Å²) in [6, 6.07) is 5.61. The van der Waals surface area contributed by atoms with E-state index in [1.807, 2.05) is 18.2 Å². The Labute approximate surface area is 115 Å². The van der Waals surface area contributed by atoms with E-state index in [2.05, 4.69) is 26.1 Å². The molecule has 1 saturated heterocycles. The summed E-state index contributed by atoms with van der Waals surface area (Å²) in [6.07, 6.45) is 0. The number of hydrogen-bond donors (Lipinski definition) is 1. The summed E-state index contributed by atoms with van der Waals surface area (Å²) in [6.45, 7) is 3.26. The smallest absolute Gasteiger partial charge is 0.133 e. The number of alkyl halides is 1. The molecule has 2 rings (SSSR count). The fourth-order valence-corrected chi connectivity index (χ4v) is 2.84. The normalized spacial score (nSPS) is 18.6. The maximum absolute atomic E-state index is 13.3. The van der Waals surface area contributed by atoms with E-state index in [4.69, 9.17) is 4.74 Å². The van der Waals surface area contributed by atoms with Crippen LogP contribution in [0.25, 0.3) is 0 Å². The Balaban J connectivity index is 2.18. The third-order valence-corrected chi connectivity index (χ3v) is 3.92. The molecule has 0 bridgehead atoms. The van der Waals surface area contributed by atoms with E-state index in [0.717, 1.165) is 42.0 Å². The molecular weight excluding hydrogens is 299 g/mol. The Kier molecular flexibility index (Phi) is 4.97. The van der Waals surface area contributed by atoms with E-state index in [-0.39, 0.29) is 12.7 Å². The van der Waals surface area contributed by atoms with Gasteiger partial charge in [-0.25, -0.2) is 4.39 Å². The van der Waals surface area contributed by atoms with Gasteiger partial charge in [0, 0.05) is 26.2 Å². The molecule has 18 heavy (non-hydrogen) atoms. The van der Waals surface area contributed by atoms with E-state index in [9.17, 15) is 4.39 Å². The molecule has 0 saturated carbocycles. The molecule has 0 radical (unpaired) electrons. The first-order chi connectivity index (χ1) is 8.76. The number of halogens is 2. The van der Waals surface area contributed by atoms with Gasteiger partial charge < -0.3 is 10.1 Å². The first-order valence-electron chi connectivity index (χ1n) is 6.10. The first kappa shape index (κ1) is 13.8. The number of methoxy groups -OCH3 is 1. The van der Waals surface area contributed by atoms with Gasteiger partial charge >= 0.3 is 0 Å². The van der Waals surface area contributed by atoms with Crippen molar-refractivity contribution in [2.45, 2.75) is 6.04 Å². The van der Waals surface area contributed by atoms with E-state index < -0.39 is 0 Å². The van der Waals surface area contributed by atoms with Gasteiger partial charge in [-0.05, 0) is 33.6 Å².